The third kappa shape index (κ3) is 2.69. The van der Waals surface area contributed by atoms with E-state index in [4.69, 9.17) is 4.74 Å². The third-order valence-electron chi connectivity index (χ3n) is 2.91. The minimum Gasteiger partial charge on any atom is -0.490 e. The van der Waals surface area contributed by atoms with Gasteiger partial charge in [0.2, 0.25) is 0 Å². The molecule has 82 valence electrons. The van der Waals surface area contributed by atoms with Gasteiger partial charge in [0, 0.05) is 6.04 Å². The lowest BCUT2D eigenvalue weighted by molar-refractivity contribution is 0.206. The van der Waals surface area contributed by atoms with Crippen LogP contribution in [0.5, 0.6) is 5.75 Å². The zero-order chi connectivity index (χ0) is 10.7. The molecule has 0 radical (unpaired) electrons. The van der Waals surface area contributed by atoms with Crippen molar-refractivity contribution in [2.75, 3.05) is 7.05 Å². The van der Waals surface area contributed by atoms with Crippen LogP contribution in [0.3, 0.4) is 0 Å². The van der Waals surface area contributed by atoms with Crippen LogP contribution in [-0.2, 0) is 0 Å². The summed E-state index contributed by atoms with van der Waals surface area (Å²) >= 11 is 0. The number of ether oxygens (including phenoxy) is 1. The molecule has 3 heteroatoms. The van der Waals surface area contributed by atoms with Crippen LogP contribution in [0, 0.1) is 5.82 Å². The first-order valence-electron chi connectivity index (χ1n) is 5.37. The van der Waals surface area contributed by atoms with Crippen LogP contribution in [0.1, 0.15) is 19.3 Å². The first-order valence-corrected chi connectivity index (χ1v) is 5.37. The van der Waals surface area contributed by atoms with Crippen molar-refractivity contribution in [3.63, 3.8) is 0 Å². The van der Waals surface area contributed by atoms with Gasteiger partial charge in [0.25, 0.3) is 0 Å². The van der Waals surface area contributed by atoms with E-state index in [0.29, 0.717) is 6.04 Å². The number of rotatable bonds is 3. The molecule has 1 aromatic rings. The van der Waals surface area contributed by atoms with Gasteiger partial charge in [-0.05, 0) is 50.6 Å². The highest BCUT2D eigenvalue weighted by Crippen LogP contribution is 2.24. The van der Waals surface area contributed by atoms with E-state index in [2.05, 4.69) is 5.32 Å². The summed E-state index contributed by atoms with van der Waals surface area (Å²) in [6, 6.07) is 6.79. The van der Waals surface area contributed by atoms with Gasteiger partial charge in [-0.1, -0.05) is 0 Å². The highest BCUT2D eigenvalue weighted by molar-refractivity contribution is 5.22. The Bertz CT molecular complexity index is 312. The van der Waals surface area contributed by atoms with Crippen molar-refractivity contribution < 1.29 is 9.13 Å². The van der Waals surface area contributed by atoms with Gasteiger partial charge in [0.15, 0.2) is 0 Å². The molecule has 1 aliphatic rings. The fourth-order valence-corrected chi connectivity index (χ4v) is 2.01. The van der Waals surface area contributed by atoms with Crippen molar-refractivity contribution in [2.45, 2.75) is 31.4 Å². The summed E-state index contributed by atoms with van der Waals surface area (Å²) in [7, 11) is 1.98. The van der Waals surface area contributed by atoms with Crippen molar-refractivity contribution in [1.29, 1.82) is 0 Å². The monoisotopic (exact) mass is 209 g/mol. The Balaban J connectivity index is 1.90. The van der Waals surface area contributed by atoms with E-state index < -0.39 is 0 Å². The number of nitrogens with one attached hydrogen (secondary N) is 1. The molecule has 2 unspecified atom stereocenters. The molecule has 15 heavy (non-hydrogen) atoms. The smallest absolute Gasteiger partial charge is 0.123 e. The molecule has 1 aromatic carbocycles. The van der Waals surface area contributed by atoms with Crippen molar-refractivity contribution in [3.8, 4) is 5.75 Å². The molecule has 1 aliphatic carbocycles. The zero-order valence-electron chi connectivity index (χ0n) is 8.87. The summed E-state index contributed by atoms with van der Waals surface area (Å²) in [5, 5.41) is 3.25. The molecule has 0 aromatic heterocycles. The zero-order valence-corrected chi connectivity index (χ0v) is 8.87. The quantitative estimate of drug-likeness (QED) is 0.825. The predicted molar refractivity (Wildman–Crippen MR) is 57.5 cm³/mol. The van der Waals surface area contributed by atoms with E-state index >= 15 is 0 Å². The van der Waals surface area contributed by atoms with Crippen LogP contribution in [0.15, 0.2) is 24.3 Å². The van der Waals surface area contributed by atoms with E-state index in [1.165, 1.54) is 12.1 Å². The van der Waals surface area contributed by atoms with Crippen LogP contribution < -0.4 is 10.1 Å². The summed E-state index contributed by atoms with van der Waals surface area (Å²) in [5.74, 6) is 0.542. The molecular weight excluding hydrogens is 193 g/mol. The van der Waals surface area contributed by atoms with Gasteiger partial charge in [0.1, 0.15) is 17.7 Å². The van der Waals surface area contributed by atoms with Crippen LogP contribution in [-0.4, -0.2) is 19.2 Å². The molecule has 0 bridgehead atoms. The van der Waals surface area contributed by atoms with E-state index in [1.807, 2.05) is 7.05 Å². The van der Waals surface area contributed by atoms with E-state index in [1.54, 1.807) is 12.1 Å². The Morgan fingerprint density at radius 3 is 2.60 bits per heavy atom. The number of halogens is 1. The molecule has 0 spiro atoms. The Morgan fingerprint density at radius 1 is 1.27 bits per heavy atom. The van der Waals surface area contributed by atoms with Gasteiger partial charge in [-0.3, -0.25) is 0 Å². The summed E-state index contributed by atoms with van der Waals surface area (Å²) in [5.41, 5.74) is 0. The molecule has 0 saturated heterocycles. The first kappa shape index (κ1) is 10.4. The second-order valence-corrected chi connectivity index (χ2v) is 3.99. The van der Waals surface area contributed by atoms with Crippen molar-refractivity contribution >= 4 is 0 Å². The van der Waals surface area contributed by atoms with E-state index in [-0.39, 0.29) is 11.9 Å². The Labute approximate surface area is 89.4 Å². The predicted octanol–water partition coefficient (Wildman–Crippen LogP) is 2.34. The fourth-order valence-electron chi connectivity index (χ4n) is 2.01. The topological polar surface area (TPSA) is 21.3 Å². The van der Waals surface area contributed by atoms with Crippen molar-refractivity contribution in [1.82, 2.24) is 5.32 Å². The van der Waals surface area contributed by atoms with Gasteiger partial charge in [-0.2, -0.15) is 0 Å². The SMILES string of the molecule is CNC1CCC(Oc2ccc(F)cc2)C1. The van der Waals surface area contributed by atoms with Gasteiger partial charge < -0.3 is 10.1 Å². The maximum Gasteiger partial charge on any atom is 0.123 e. The summed E-state index contributed by atoms with van der Waals surface area (Å²) in [6.45, 7) is 0. The Morgan fingerprint density at radius 2 is 2.00 bits per heavy atom. The molecule has 0 amide bonds. The second-order valence-electron chi connectivity index (χ2n) is 3.99. The van der Waals surface area contributed by atoms with Gasteiger partial charge in [-0.15, -0.1) is 0 Å². The summed E-state index contributed by atoms with van der Waals surface area (Å²) in [6.07, 6.45) is 3.53. The fraction of sp³-hybridized carbons (Fsp3) is 0.500. The van der Waals surface area contributed by atoms with Crippen molar-refractivity contribution in [2.24, 2.45) is 0 Å². The lowest BCUT2D eigenvalue weighted by atomic mass is 10.2. The lowest BCUT2D eigenvalue weighted by Gasteiger charge is -2.13. The van der Waals surface area contributed by atoms with Crippen LogP contribution in [0.2, 0.25) is 0 Å². The summed E-state index contributed by atoms with van der Waals surface area (Å²) < 4.78 is 18.4. The normalized spacial score (nSPS) is 25.5. The number of hydrogen-bond donors (Lipinski definition) is 1. The molecule has 1 N–H and O–H groups in total. The third-order valence-corrected chi connectivity index (χ3v) is 2.91. The lowest BCUT2D eigenvalue weighted by Crippen LogP contribution is -2.23. The highest BCUT2D eigenvalue weighted by atomic mass is 19.1. The van der Waals surface area contributed by atoms with E-state index in [0.717, 1.165) is 25.0 Å². The molecule has 0 aliphatic heterocycles. The molecule has 0 heterocycles. The maximum atomic E-state index is 12.7. The molecule has 1 fully saturated rings. The van der Waals surface area contributed by atoms with Gasteiger partial charge in [0.05, 0.1) is 0 Å². The average molecular weight is 209 g/mol. The first-order chi connectivity index (χ1) is 7.28. The maximum absolute atomic E-state index is 12.7. The van der Waals surface area contributed by atoms with Crippen LogP contribution in [0.25, 0.3) is 0 Å². The molecule has 2 atom stereocenters. The Hall–Kier alpha value is -1.09. The highest BCUT2D eigenvalue weighted by Gasteiger charge is 2.24. The Kier molecular flexibility index (Phi) is 3.21. The average Bonchev–Trinajstić information content (AvgIpc) is 2.69. The van der Waals surface area contributed by atoms with Crippen LogP contribution in [0.4, 0.5) is 4.39 Å². The number of hydrogen-bond acceptors (Lipinski definition) is 2. The van der Waals surface area contributed by atoms with Crippen molar-refractivity contribution in [3.05, 3.63) is 30.1 Å². The van der Waals surface area contributed by atoms with E-state index in [9.17, 15) is 4.39 Å². The largest absolute Gasteiger partial charge is 0.490 e. The number of benzene rings is 1. The van der Waals surface area contributed by atoms with Gasteiger partial charge in [-0.25, -0.2) is 4.39 Å². The molecule has 1 saturated carbocycles. The second kappa shape index (κ2) is 4.62. The minimum absolute atomic E-state index is 0.220. The molecule has 2 nitrogen and oxygen atoms in total. The summed E-state index contributed by atoms with van der Waals surface area (Å²) in [4.78, 5) is 0. The minimum atomic E-state index is -0.220. The molecular formula is C12H16FNO. The van der Waals surface area contributed by atoms with Gasteiger partial charge >= 0.3 is 0 Å². The van der Waals surface area contributed by atoms with Crippen LogP contribution >= 0.6 is 0 Å². The standard InChI is InChI=1S/C12H16FNO/c1-14-10-4-7-12(8-10)15-11-5-2-9(13)3-6-11/h2-3,5-6,10,12,14H,4,7-8H2,1H3. The molecule has 2 rings (SSSR count).